The van der Waals surface area contributed by atoms with Crippen LogP contribution in [0, 0.1) is 5.41 Å². The third-order valence-corrected chi connectivity index (χ3v) is 3.37. The van der Waals surface area contributed by atoms with E-state index in [4.69, 9.17) is 4.74 Å². The topological polar surface area (TPSA) is 12.5 Å². The minimum atomic E-state index is 0.489. The lowest BCUT2D eigenvalue weighted by molar-refractivity contribution is -0.0314. The van der Waals surface area contributed by atoms with Gasteiger partial charge in [0.15, 0.2) is 0 Å². The van der Waals surface area contributed by atoms with E-state index in [-0.39, 0.29) is 0 Å². The molecule has 0 N–H and O–H groups in total. The van der Waals surface area contributed by atoms with E-state index in [0.717, 1.165) is 19.7 Å². The summed E-state index contributed by atoms with van der Waals surface area (Å²) in [6, 6.07) is 0. The van der Waals surface area contributed by atoms with Gasteiger partial charge in [0.05, 0.1) is 12.7 Å². The first-order valence-electron chi connectivity index (χ1n) is 6.85. The number of rotatable bonds is 5. The standard InChI is InChI=1S/C14H29NO/c1-5-15-10-11-16-13(12-15)8-6-7-9-14(2,3)4/h13H,5-12H2,1-4H3. The second-order valence-electron chi connectivity index (χ2n) is 6.19. The average molecular weight is 227 g/mol. The van der Waals surface area contributed by atoms with Crippen LogP contribution < -0.4 is 0 Å². The predicted octanol–water partition coefficient (Wildman–Crippen LogP) is 3.31. The Morgan fingerprint density at radius 3 is 2.62 bits per heavy atom. The highest BCUT2D eigenvalue weighted by Gasteiger charge is 2.19. The van der Waals surface area contributed by atoms with Crippen LogP contribution in [0.3, 0.4) is 0 Å². The summed E-state index contributed by atoms with van der Waals surface area (Å²) < 4.78 is 5.80. The SMILES string of the molecule is CCN1CCOC(CCCCC(C)(C)C)C1. The molecule has 16 heavy (non-hydrogen) atoms. The maximum atomic E-state index is 5.80. The van der Waals surface area contributed by atoms with Crippen molar-refractivity contribution in [3.05, 3.63) is 0 Å². The molecule has 1 heterocycles. The molecule has 1 atom stereocenters. The van der Waals surface area contributed by atoms with Crippen LogP contribution in [0.25, 0.3) is 0 Å². The Kier molecular flexibility index (Phi) is 5.77. The molecule has 1 unspecified atom stereocenters. The quantitative estimate of drug-likeness (QED) is 0.668. The molecule has 0 spiro atoms. The number of likely N-dealkylation sites (N-methyl/N-ethyl adjacent to an activating group) is 1. The highest BCUT2D eigenvalue weighted by atomic mass is 16.5. The maximum absolute atomic E-state index is 5.80. The molecule has 1 fully saturated rings. The van der Waals surface area contributed by atoms with Crippen molar-refractivity contribution < 1.29 is 4.74 Å². The van der Waals surface area contributed by atoms with E-state index in [1.54, 1.807) is 0 Å². The van der Waals surface area contributed by atoms with Gasteiger partial charge in [0.1, 0.15) is 0 Å². The number of nitrogens with zero attached hydrogens (tertiary/aromatic N) is 1. The number of morpholine rings is 1. The van der Waals surface area contributed by atoms with E-state index < -0.39 is 0 Å². The summed E-state index contributed by atoms with van der Waals surface area (Å²) >= 11 is 0. The fourth-order valence-corrected chi connectivity index (χ4v) is 2.27. The summed E-state index contributed by atoms with van der Waals surface area (Å²) in [6.07, 6.45) is 5.73. The number of ether oxygens (including phenoxy) is 1. The molecule has 1 rings (SSSR count). The zero-order valence-electron chi connectivity index (χ0n) is 11.6. The second kappa shape index (κ2) is 6.61. The van der Waals surface area contributed by atoms with Crippen LogP contribution in [-0.4, -0.2) is 37.2 Å². The fourth-order valence-electron chi connectivity index (χ4n) is 2.27. The van der Waals surface area contributed by atoms with E-state index in [1.807, 2.05) is 0 Å². The molecule has 0 aliphatic carbocycles. The van der Waals surface area contributed by atoms with Gasteiger partial charge in [0.2, 0.25) is 0 Å². The van der Waals surface area contributed by atoms with Gasteiger partial charge >= 0.3 is 0 Å². The van der Waals surface area contributed by atoms with Crippen LogP contribution in [0.2, 0.25) is 0 Å². The number of hydrogen-bond acceptors (Lipinski definition) is 2. The molecule has 0 aromatic rings. The third kappa shape index (κ3) is 5.86. The molecule has 1 aliphatic heterocycles. The first-order chi connectivity index (χ1) is 7.51. The predicted molar refractivity (Wildman–Crippen MR) is 69.8 cm³/mol. The van der Waals surface area contributed by atoms with Gasteiger partial charge in [-0.25, -0.2) is 0 Å². The molecule has 0 aromatic heterocycles. The lowest BCUT2D eigenvalue weighted by atomic mass is 9.89. The summed E-state index contributed by atoms with van der Waals surface area (Å²) in [6.45, 7) is 13.6. The van der Waals surface area contributed by atoms with Crippen LogP contribution in [0.4, 0.5) is 0 Å². The largest absolute Gasteiger partial charge is 0.376 e. The zero-order valence-corrected chi connectivity index (χ0v) is 11.6. The molecular formula is C14H29NO. The van der Waals surface area contributed by atoms with Crippen molar-refractivity contribution in [2.45, 2.75) is 59.5 Å². The van der Waals surface area contributed by atoms with Gasteiger partial charge in [-0.3, -0.25) is 4.90 Å². The molecule has 2 nitrogen and oxygen atoms in total. The highest BCUT2D eigenvalue weighted by molar-refractivity contribution is 4.71. The molecule has 1 saturated heterocycles. The van der Waals surface area contributed by atoms with E-state index >= 15 is 0 Å². The average Bonchev–Trinajstić information content (AvgIpc) is 2.23. The van der Waals surface area contributed by atoms with Gasteiger partial charge in [-0.15, -0.1) is 0 Å². The lowest BCUT2D eigenvalue weighted by Gasteiger charge is -2.32. The van der Waals surface area contributed by atoms with Crippen molar-refractivity contribution in [2.24, 2.45) is 5.41 Å². The summed E-state index contributed by atoms with van der Waals surface area (Å²) in [7, 11) is 0. The summed E-state index contributed by atoms with van der Waals surface area (Å²) in [5.74, 6) is 0. The van der Waals surface area contributed by atoms with Gasteiger partial charge in [0.25, 0.3) is 0 Å². The van der Waals surface area contributed by atoms with Gasteiger partial charge in [0, 0.05) is 13.1 Å². The monoisotopic (exact) mass is 227 g/mol. The summed E-state index contributed by atoms with van der Waals surface area (Å²) in [5, 5.41) is 0. The minimum Gasteiger partial charge on any atom is -0.376 e. The van der Waals surface area contributed by atoms with Gasteiger partial charge in [-0.1, -0.05) is 40.5 Å². The van der Waals surface area contributed by atoms with E-state index in [0.29, 0.717) is 11.5 Å². The van der Waals surface area contributed by atoms with Crippen molar-refractivity contribution in [3.8, 4) is 0 Å². The van der Waals surface area contributed by atoms with Crippen molar-refractivity contribution in [1.29, 1.82) is 0 Å². The Bertz CT molecular complexity index is 186. The van der Waals surface area contributed by atoms with Gasteiger partial charge in [-0.05, 0) is 24.8 Å². The van der Waals surface area contributed by atoms with Crippen molar-refractivity contribution in [2.75, 3.05) is 26.2 Å². The van der Waals surface area contributed by atoms with E-state index in [1.165, 1.54) is 32.2 Å². The van der Waals surface area contributed by atoms with Gasteiger partial charge < -0.3 is 4.74 Å². The lowest BCUT2D eigenvalue weighted by Crippen LogP contribution is -2.42. The fraction of sp³-hybridized carbons (Fsp3) is 1.00. The Labute approximate surface area is 101 Å². The molecular weight excluding hydrogens is 198 g/mol. The first kappa shape index (κ1) is 14.0. The Balaban J connectivity index is 2.08. The maximum Gasteiger partial charge on any atom is 0.0702 e. The Morgan fingerprint density at radius 2 is 2.00 bits per heavy atom. The first-order valence-corrected chi connectivity index (χ1v) is 6.85. The Morgan fingerprint density at radius 1 is 1.25 bits per heavy atom. The third-order valence-electron chi connectivity index (χ3n) is 3.37. The van der Waals surface area contributed by atoms with Crippen LogP contribution in [0.15, 0.2) is 0 Å². The molecule has 96 valence electrons. The van der Waals surface area contributed by atoms with Crippen molar-refractivity contribution >= 4 is 0 Å². The number of unbranched alkanes of at least 4 members (excludes halogenated alkanes) is 1. The number of hydrogen-bond donors (Lipinski definition) is 0. The molecule has 0 bridgehead atoms. The normalized spacial score (nSPS) is 23.6. The van der Waals surface area contributed by atoms with Gasteiger partial charge in [-0.2, -0.15) is 0 Å². The summed E-state index contributed by atoms with van der Waals surface area (Å²) in [5.41, 5.74) is 0.489. The van der Waals surface area contributed by atoms with Crippen LogP contribution >= 0.6 is 0 Å². The smallest absolute Gasteiger partial charge is 0.0702 e. The van der Waals surface area contributed by atoms with E-state index in [2.05, 4.69) is 32.6 Å². The summed E-state index contributed by atoms with van der Waals surface area (Å²) in [4.78, 5) is 2.50. The Hall–Kier alpha value is -0.0800. The van der Waals surface area contributed by atoms with Crippen LogP contribution in [0.1, 0.15) is 53.4 Å². The van der Waals surface area contributed by atoms with Crippen LogP contribution in [-0.2, 0) is 4.74 Å². The molecule has 0 radical (unpaired) electrons. The van der Waals surface area contributed by atoms with E-state index in [9.17, 15) is 0 Å². The molecule has 0 aromatic carbocycles. The highest BCUT2D eigenvalue weighted by Crippen LogP contribution is 2.23. The van der Waals surface area contributed by atoms with Crippen LogP contribution in [0.5, 0.6) is 0 Å². The van der Waals surface area contributed by atoms with Crippen molar-refractivity contribution in [1.82, 2.24) is 4.90 Å². The molecule has 0 saturated carbocycles. The van der Waals surface area contributed by atoms with Crippen molar-refractivity contribution in [3.63, 3.8) is 0 Å². The minimum absolute atomic E-state index is 0.489. The molecule has 0 amide bonds. The zero-order chi connectivity index (χ0) is 12.0. The molecule has 1 aliphatic rings. The molecule has 2 heteroatoms. The second-order valence-corrected chi connectivity index (χ2v) is 6.19.